The monoisotopic (exact) mass is 300 g/mol. The number of anilines is 1. The number of aromatic nitrogens is 1. The Kier molecular flexibility index (Phi) is 3.56. The lowest BCUT2D eigenvalue weighted by Crippen LogP contribution is -1.99. The molecule has 0 radical (unpaired) electrons. The van der Waals surface area contributed by atoms with Crippen LogP contribution >= 0.6 is 27.3 Å². The summed E-state index contributed by atoms with van der Waals surface area (Å²) in [5, 5.41) is 6.13. The molecular weight excluding hydrogens is 291 g/mol. The number of nitrogens with zero attached hydrogens (tertiary/aromatic N) is 1. The number of halogens is 2. The van der Waals surface area contributed by atoms with Crippen molar-refractivity contribution < 1.29 is 4.39 Å². The SMILES string of the molecule is Cc1csc(CNc2ccc(Br)c(F)c2)n1. The summed E-state index contributed by atoms with van der Waals surface area (Å²) in [6.07, 6.45) is 0. The van der Waals surface area contributed by atoms with Gasteiger partial charge in [0.1, 0.15) is 10.8 Å². The summed E-state index contributed by atoms with van der Waals surface area (Å²) >= 11 is 4.72. The minimum atomic E-state index is -0.264. The molecule has 0 bridgehead atoms. The van der Waals surface area contributed by atoms with Crippen molar-refractivity contribution >= 4 is 33.0 Å². The van der Waals surface area contributed by atoms with Gasteiger partial charge in [-0.1, -0.05) is 0 Å². The van der Waals surface area contributed by atoms with Gasteiger partial charge in [-0.3, -0.25) is 0 Å². The van der Waals surface area contributed by atoms with Crippen LogP contribution in [0.3, 0.4) is 0 Å². The van der Waals surface area contributed by atoms with Crippen molar-refractivity contribution in [3.8, 4) is 0 Å². The molecule has 16 heavy (non-hydrogen) atoms. The molecule has 0 unspecified atom stereocenters. The van der Waals surface area contributed by atoms with E-state index in [1.165, 1.54) is 6.07 Å². The maximum Gasteiger partial charge on any atom is 0.139 e. The highest BCUT2D eigenvalue weighted by Gasteiger charge is 2.02. The summed E-state index contributed by atoms with van der Waals surface area (Å²) in [6.45, 7) is 2.58. The molecule has 2 nitrogen and oxygen atoms in total. The lowest BCUT2D eigenvalue weighted by molar-refractivity contribution is 0.621. The first-order chi connectivity index (χ1) is 7.65. The van der Waals surface area contributed by atoms with Crippen LogP contribution in [0.25, 0.3) is 0 Å². The molecule has 84 valence electrons. The maximum atomic E-state index is 13.2. The maximum absolute atomic E-state index is 13.2. The van der Waals surface area contributed by atoms with E-state index in [0.29, 0.717) is 11.0 Å². The van der Waals surface area contributed by atoms with Gasteiger partial charge in [-0.2, -0.15) is 0 Å². The molecule has 0 aliphatic heterocycles. The first-order valence-corrected chi connectivity index (χ1v) is 6.42. The Morgan fingerprint density at radius 1 is 1.50 bits per heavy atom. The van der Waals surface area contributed by atoms with Crippen molar-refractivity contribution in [3.63, 3.8) is 0 Å². The van der Waals surface area contributed by atoms with Crippen molar-refractivity contribution in [2.75, 3.05) is 5.32 Å². The Morgan fingerprint density at radius 3 is 2.94 bits per heavy atom. The molecule has 2 rings (SSSR count). The summed E-state index contributed by atoms with van der Waals surface area (Å²) in [5.41, 5.74) is 1.78. The zero-order chi connectivity index (χ0) is 11.5. The van der Waals surface area contributed by atoms with Crippen LogP contribution in [0.1, 0.15) is 10.7 Å². The molecule has 0 atom stereocenters. The summed E-state index contributed by atoms with van der Waals surface area (Å²) in [5.74, 6) is -0.264. The van der Waals surface area contributed by atoms with Gasteiger partial charge in [0.15, 0.2) is 0 Å². The molecule has 2 aromatic rings. The number of hydrogen-bond donors (Lipinski definition) is 1. The average molecular weight is 301 g/mol. The van der Waals surface area contributed by atoms with Crippen molar-refractivity contribution in [3.05, 3.63) is 44.6 Å². The van der Waals surface area contributed by atoms with Crippen molar-refractivity contribution in [2.45, 2.75) is 13.5 Å². The van der Waals surface area contributed by atoms with E-state index in [2.05, 4.69) is 26.2 Å². The van der Waals surface area contributed by atoms with E-state index in [1.807, 2.05) is 18.4 Å². The second-order valence-corrected chi connectivity index (χ2v) is 5.16. The molecule has 1 heterocycles. The summed E-state index contributed by atoms with van der Waals surface area (Å²) in [6, 6.07) is 4.98. The third-order valence-electron chi connectivity index (χ3n) is 2.03. The first kappa shape index (κ1) is 11.5. The number of aryl methyl sites for hydroxylation is 1. The second kappa shape index (κ2) is 4.93. The van der Waals surface area contributed by atoms with Crippen LogP contribution in [0.2, 0.25) is 0 Å². The predicted molar refractivity (Wildman–Crippen MR) is 68.3 cm³/mol. The molecule has 0 aliphatic carbocycles. The Hall–Kier alpha value is -0.940. The largest absolute Gasteiger partial charge is 0.378 e. The first-order valence-electron chi connectivity index (χ1n) is 4.75. The minimum absolute atomic E-state index is 0.264. The number of thiazole rings is 1. The normalized spacial score (nSPS) is 10.4. The van der Waals surface area contributed by atoms with Gasteiger partial charge in [0.2, 0.25) is 0 Å². The minimum Gasteiger partial charge on any atom is -0.378 e. The highest BCUT2D eigenvalue weighted by atomic mass is 79.9. The molecule has 0 amide bonds. The van der Waals surface area contributed by atoms with Crippen LogP contribution in [-0.4, -0.2) is 4.98 Å². The molecule has 5 heteroatoms. The van der Waals surface area contributed by atoms with Crippen LogP contribution < -0.4 is 5.32 Å². The smallest absolute Gasteiger partial charge is 0.139 e. The van der Waals surface area contributed by atoms with Crippen molar-refractivity contribution in [2.24, 2.45) is 0 Å². The summed E-state index contributed by atoms with van der Waals surface area (Å²) < 4.78 is 13.7. The molecule has 0 fully saturated rings. The fourth-order valence-electron chi connectivity index (χ4n) is 1.27. The lowest BCUT2D eigenvalue weighted by atomic mass is 10.3. The van der Waals surface area contributed by atoms with Gasteiger partial charge in [-0.25, -0.2) is 9.37 Å². The zero-order valence-corrected chi connectivity index (χ0v) is 11.0. The van der Waals surface area contributed by atoms with E-state index in [0.717, 1.165) is 16.4 Å². The highest BCUT2D eigenvalue weighted by molar-refractivity contribution is 9.10. The third kappa shape index (κ3) is 2.80. The van der Waals surface area contributed by atoms with E-state index in [1.54, 1.807) is 17.4 Å². The van der Waals surface area contributed by atoms with Gasteiger partial charge >= 0.3 is 0 Å². The molecule has 0 saturated carbocycles. The molecule has 0 spiro atoms. The number of benzene rings is 1. The Bertz CT molecular complexity index is 498. The third-order valence-corrected chi connectivity index (χ3v) is 3.64. The molecule has 1 aromatic heterocycles. The summed E-state index contributed by atoms with van der Waals surface area (Å²) in [7, 11) is 0. The van der Waals surface area contributed by atoms with Gasteiger partial charge < -0.3 is 5.32 Å². The van der Waals surface area contributed by atoms with Crippen LogP contribution in [0.4, 0.5) is 10.1 Å². The van der Waals surface area contributed by atoms with Crippen LogP contribution in [0.15, 0.2) is 28.1 Å². The van der Waals surface area contributed by atoms with Gasteiger partial charge in [0.05, 0.1) is 11.0 Å². The second-order valence-electron chi connectivity index (χ2n) is 3.37. The molecular formula is C11H10BrFN2S. The fourth-order valence-corrected chi connectivity index (χ4v) is 2.23. The quantitative estimate of drug-likeness (QED) is 0.928. The molecule has 0 saturated heterocycles. The molecule has 1 N–H and O–H groups in total. The van der Waals surface area contributed by atoms with E-state index in [4.69, 9.17) is 0 Å². The van der Waals surface area contributed by atoms with Crippen LogP contribution in [0, 0.1) is 12.7 Å². The van der Waals surface area contributed by atoms with Crippen molar-refractivity contribution in [1.29, 1.82) is 0 Å². The number of hydrogen-bond acceptors (Lipinski definition) is 3. The van der Waals surface area contributed by atoms with E-state index in [9.17, 15) is 4.39 Å². The predicted octanol–water partition coefficient (Wildman–Crippen LogP) is 3.97. The van der Waals surface area contributed by atoms with Crippen LogP contribution in [-0.2, 0) is 6.54 Å². The van der Waals surface area contributed by atoms with Gasteiger partial charge in [0.25, 0.3) is 0 Å². The van der Waals surface area contributed by atoms with Gasteiger partial charge in [0, 0.05) is 16.8 Å². The lowest BCUT2D eigenvalue weighted by Gasteiger charge is -2.04. The van der Waals surface area contributed by atoms with E-state index < -0.39 is 0 Å². The Balaban J connectivity index is 2.02. The number of rotatable bonds is 3. The van der Waals surface area contributed by atoms with Crippen molar-refractivity contribution in [1.82, 2.24) is 4.98 Å². The van der Waals surface area contributed by atoms with E-state index in [-0.39, 0.29) is 5.82 Å². The van der Waals surface area contributed by atoms with E-state index >= 15 is 0 Å². The Labute approximate surface area is 106 Å². The molecule has 1 aromatic carbocycles. The zero-order valence-electron chi connectivity index (χ0n) is 8.63. The Morgan fingerprint density at radius 2 is 2.31 bits per heavy atom. The fraction of sp³-hybridized carbons (Fsp3) is 0.182. The van der Waals surface area contributed by atoms with Crippen LogP contribution in [0.5, 0.6) is 0 Å². The topological polar surface area (TPSA) is 24.9 Å². The van der Waals surface area contributed by atoms with Gasteiger partial charge in [-0.15, -0.1) is 11.3 Å². The summed E-state index contributed by atoms with van der Waals surface area (Å²) in [4.78, 5) is 4.32. The standard InChI is InChI=1S/C11H10BrFN2S/c1-7-6-16-11(15-7)5-14-8-2-3-9(12)10(13)4-8/h2-4,6,14H,5H2,1H3. The number of nitrogens with one attached hydrogen (secondary N) is 1. The highest BCUT2D eigenvalue weighted by Crippen LogP contribution is 2.20. The van der Waals surface area contributed by atoms with Gasteiger partial charge in [-0.05, 0) is 41.1 Å². The average Bonchev–Trinajstić information content (AvgIpc) is 2.66. The molecule has 0 aliphatic rings.